The van der Waals surface area contributed by atoms with Gasteiger partial charge in [0.25, 0.3) is 0 Å². The molecule has 0 aromatic heterocycles. The average molecular weight is 1110 g/mol. The third-order valence-electron chi connectivity index (χ3n) is 11.3. The molecule has 75 heavy (non-hydrogen) atoms. The molecule has 0 saturated carbocycles. The molecule has 14 atom stereocenters. The molecule has 0 radical (unpaired) electrons. The first kappa shape index (κ1) is 66.7. The van der Waals surface area contributed by atoms with Crippen molar-refractivity contribution in [3.8, 4) is 0 Å². The Hall–Kier alpha value is -6.31. The highest BCUT2D eigenvalue weighted by Gasteiger charge is 2.39. The number of carbonyl (C=O) groups is 13. The monoisotopic (exact) mass is 1110 g/mol. The highest BCUT2D eigenvalue weighted by molar-refractivity contribution is 7.80. The van der Waals surface area contributed by atoms with Crippen molar-refractivity contribution in [1.82, 2.24) is 58.1 Å². The SMILES string of the molecule is CC(C)C[C@H](NC(=O)[C@@H]1CCCN1C(=O)[C@H](C)N)C(=O)N[C@@H](C)C(=O)N[C@@H](C)C(=O)N[C@@H](CC(=O)O)C(=O)N[C@H](C(=O)N[C@@H](C)C(=O)N[C@H](C(=O)N[C@@H](C)C(=O)N[C@@H](CS)C(=O)N[C@@H](CS)C(=O)O)[C@@H](C)O)[C@@H](C)O. The van der Waals surface area contributed by atoms with Crippen molar-refractivity contribution in [1.29, 1.82) is 0 Å². The third-order valence-corrected chi connectivity index (χ3v) is 12.1. The van der Waals surface area contributed by atoms with Gasteiger partial charge in [-0.3, -0.25) is 57.5 Å². The summed E-state index contributed by atoms with van der Waals surface area (Å²) in [5, 5.41) is 62.4. The minimum Gasteiger partial charge on any atom is -0.481 e. The molecule has 0 bridgehead atoms. The summed E-state index contributed by atoms with van der Waals surface area (Å²) in [5.74, 6) is -14.0. The smallest absolute Gasteiger partial charge is 0.327 e. The molecule has 16 N–H and O–H groups in total. The summed E-state index contributed by atoms with van der Waals surface area (Å²) in [6.45, 7) is 12.3. The first-order valence-electron chi connectivity index (χ1n) is 23.9. The van der Waals surface area contributed by atoms with E-state index in [1.54, 1.807) is 13.8 Å². The lowest BCUT2D eigenvalue weighted by molar-refractivity contribution is -0.142. The average Bonchev–Trinajstić information content (AvgIpc) is 3.81. The Labute approximate surface area is 444 Å². The normalized spacial score (nSPS) is 18.4. The fourth-order valence-electron chi connectivity index (χ4n) is 7.03. The number of carboxylic acids is 2. The van der Waals surface area contributed by atoms with Gasteiger partial charge in [0, 0.05) is 18.1 Å². The van der Waals surface area contributed by atoms with Crippen molar-refractivity contribution in [2.45, 2.75) is 173 Å². The molecule has 0 spiro atoms. The second-order valence-electron chi connectivity index (χ2n) is 18.5. The van der Waals surface area contributed by atoms with E-state index in [0.717, 1.165) is 20.8 Å². The topological polar surface area (TPSA) is 452 Å². The van der Waals surface area contributed by atoms with E-state index < -0.39 is 168 Å². The quantitative estimate of drug-likeness (QED) is 0.0297. The summed E-state index contributed by atoms with van der Waals surface area (Å²) < 4.78 is 0. The Bertz CT molecular complexity index is 2100. The molecular weight excluding hydrogens is 1030 g/mol. The third kappa shape index (κ3) is 21.8. The van der Waals surface area contributed by atoms with Gasteiger partial charge < -0.3 is 84.2 Å². The lowest BCUT2D eigenvalue weighted by Gasteiger charge is -2.28. The van der Waals surface area contributed by atoms with E-state index in [1.807, 2.05) is 0 Å². The van der Waals surface area contributed by atoms with E-state index in [0.29, 0.717) is 19.4 Å². The largest absolute Gasteiger partial charge is 0.481 e. The molecule has 11 amide bonds. The first-order chi connectivity index (χ1) is 34.8. The molecule has 29 nitrogen and oxygen atoms in total. The maximum atomic E-state index is 13.4. The standard InChI is InChI=1S/C44H74N12O17S2/c1-17(2)13-25(51-40(68)29-11-10-12-56(29)43(71)18(3)45)37(65)47-19(4)33(61)46-20(5)34(62)50-26(14-30(59)60)38(66)55-32(24(9)58)42(70)49-22(7)36(64)54-31(23(8)57)41(69)48-21(6)35(63)52-27(15-74)39(67)53-28(16-75)44(72)73/h17-29,31-32,57-58,74-75H,10-16,45H2,1-9H3,(H,46,61)(H,47,65)(H,48,69)(H,49,70)(H,50,62)(H,51,68)(H,52,63)(H,53,67)(H,54,64)(H,55,66)(H,59,60)(H,72,73)/t18-,19-,20-,21-,22-,23+,24+,25-,26-,27-,28-,29-,31-,32-/m0/s1. The van der Waals surface area contributed by atoms with Crippen LogP contribution in [0.15, 0.2) is 0 Å². The Morgan fingerprint density at radius 2 is 0.880 bits per heavy atom. The molecule has 1 aliphatic rings. The molecular formula is C44H74N12O17S2. The van der Waals surface area contributed by atoms with E-state index in [4.69, 9.17) is 5.73 Å². The Kier molecular flexibility index (Phi) is 28.1. The number of likely N-dealkylation sites (tertiary alicyclic amines) is 1. The number of hydrogen-bond acceptors (Lipinski definition) is 18. The van der Waals surface area contributed by atoms with Crippen molar-refractivity contribution in [3.63, 3.8) is 0 Å². The van der Waals surface area contributed by atoms with Gasteiger partial charge in [0.2, 0.25) is 65.0 Å². The maximum Gasteiger partial charge on any atom is 0.327 e. The van der Waals surface area contributed by atoms with Crippen LogP contribution in [-0.4, -0.2) is 205 Å². The zero-order valence-electron chi connectivity index (χ0n) is 43.1. The zero-order valence-corrected chi connectivity index (χ0v) is 44.9. The Morgan fingerprint density at radius 3 is 1.29 bits per heavy atom. The van der Waals surface area contributed by atoms with Crippen molar-refractivity contribution in [3.05, 3.63) is 0 Å². The lowest BCUT2D eigenvalue weighted by atomic mass is 10.0. The van der Waals surface area contributed by atoms with Crippen LogP contribution in [-0.2, 0) is 62.3 Å². The van der Waals surface area contributed by atoms with E-state index in [9.17, 15) is 82.8 Å². The van der Waals surface area contributed by atoms with Gasteiger partial charge in [-0.2, -0.15) is 25.3 Å². The van der Waals surface area contributed by atoms with Crippen LogP contribution in [0, 0.1) is 5.92 Å². The number of aliphatic carboxylic acids is 2. The molecule has 0 aromatic rings. The van der Waals surface area contributed by atoms with Gasteiger partial charge in [-0.25, -0.2) is 4.79 Å². The van der Waals surface area contributed by atoms with Gasteiger partial charge in [-0.05, 0) is 73.6 Å². The van der Waals surface area contributed by atoms with Gasteiger partial charge >= 0.3 is 11.9 Å². The summed E-state index contributed by atoms with van der Waals surface area (Å²) in [6, 6.07) is -17.0. The first-order valence-corrected chi connectivity index (χ1v) is 25.2. The summed E-state index contributed by atoms with van der Waals surface area (Å²) in [7, 11) is 0. The van der Waals surface area contributed by atoms with Crippen LogP contribution in [0.1, 0.15) is 88.0 Å². The predicted octanol–water partition coefficient (Wildman–Crippen LogP) is -6.52. The van der Waals surface area contributed by atoms with Crippen LogP contribution < -0.4 is 58.9 Å². The number of hydrogen-bond donors (Lipinski definition) is 17. The van der Waals surface area contributed by atoms with Crippen LogP contribution in [0.3, 0.4) is 0 Å². The maximum absolute atomic E-state index is 13.4. The number of nitrogens with two attached hydrogens (primary N) is 1. The van der Waals surface area contributed by atoms with Crippen molar-refractivity contribution in [2.24, 2.45) is 11.7 Å². The van der Waals surface area contributed by atoms with Crippen molar-refractivity contribution >= 4 is 102 Å². The van der Waals surface area contributed by atoms with Crippen LogP contribution >= 0.6 is 25.3 Å². The highest BCUT2D eigenvalue weighted by Crippen LogP contribution is 2.19. The Morgan fingerprint density at radius 1 is 0.507 bits per heavy atom. The molecule has 31 heteroatoms. The number of nitrogens with zero attached hydrogens (tertiary/aromatic N) is 1. The van der Waals surface area contributed by atoms with Gasteiger partial charge in [0.1, 0.15) is 66.5 Å². The van der Waals surface area contributed by atoms with Gasteiger partial charge in [0.15, 0.2) is 0 Å². The molecule has 424 valence electrons. The van der Waals surface area contributed by atoms with Gasteiger partial charge in [0.05, 0.1) is 24.7 Å². The molecule has 0 aliphatic carbocycles. The molecule has 1 heterocycles. The molecule has 1 saturated heterocycles. The fourth-order valence-corrected chi connectivity index (χ4v) is 7.53. The van der Waals surface area contributed by atoms with E-state index in [1.165, 1.54) is 32.6 Å². The number of nitrogens with one attached hydrogen (secondary N) is 10. The van der Waals surface area contributed by atoms with E-state index in [2.05, 4.69) is 78.4 Å². The van der Waals surface area contributed by atoms with E-state index >= 15 is 0 Å². The second kappa shape index (κ2) is 31.5. The number of carboxylic acid groups (broad SMARTS) is 2. The van der Waals surface area contributed by atoms with Crippen LogP contribution in [0.25, 0.3) is 0 Å². The second-order valence-corrected chi connectivity index (χ2v) is 19.3. The number of aliphatic hydroxyl groups is 2. The number of thiol groups is 2. The summed E-state index contributed by atoms with van der Waals surface area (Å²) in [5.41, 5.74) is 5.75. The highest BCUT2D eigenvalue weighted by atomic mass is 32.1. The van der Waals surface area contributed by atoms with Crippen LogP contribution in [0.5, 0.6) is 0 Å². The summed E-state index contributed by atoms with van der Waals surface area (Å²) in [4.78, 5) is 169. The van der Waals surface area contributed by atoms with Crippen LogP contribution in [0.4, 0.5) is 0 Å². The number of carbonyl (C=O) groups excluding carboxylic acids is 11. The van der Waals surface area contributed by atoms with Crippen LogP contribution in [0.2, 0.25) is 0 Å². The minimum atomic E-state index is -1.93. The molecule has 0 unspecified atom stereocenters. The molecule has 1 rings (SSSR count). The lowest BCUT2D eigenvalue weighted by Crippen LogP contribution is -2.62. The zero-order chi connectivity index (χ0) is 57.8. The number of rotatable bonds is 30. The summed E-state index contributed by atoms with van der Waals surface area (Å²) in [6.07, 6.45) is -3.38. The molecule has 1 aliphatic heterocycles. The van der Waals surface area contributed by atoms with Gasteiger partial charge in [-0.1, -0.05) is 13.8 Å². The number of amides is 11. The number of aliphatic hydroxyl groups excluding tert-OH is 2. The molecule has 0 aromatic carbocycles. The Balaban J connectivity index is 3.00. The van der Waals surface area contributed by atoms with Gasteiger partial charge in [-0.15, -0.1) is 0 Å². The minimum absolute atomic E-state index is 0.111. The fraction of sp³-hybridized carbons (Fsp3) is 0.705. The summed E-state index contributed by atoms with van der Waals surface area (Å²) >= 11 is 7.85. The van der Waals surface area contributed by atoms with Crippen molar-refractivity contribution in [2.75, 3.05) is 18.1 Å². The predicted molar refractivity (Wildman–Crippen MR) is 271 cm³/mol. The van der Waals surface area contributed by atoms with Crippen molar-refractivity contribution < 1.29 is 82.8 Å². The molecule has 1 fully saturated rings. The van der Waals surface area contributed by atoms with E-state index in [-0.39, 0.29) is 23.8 Å².